The molecule has 4 nitrogen and oxygen atoms in total. The van der Waals surface area contributed by atoms with E-state index in [4.69, 9.17) is 9.47 Å². The van der Waals surface area contributed by atoms with Crippen molar-refractivity contribution in [3.63, 3.8) is 0 Å². The van der Waals surface area contributed by atoms with Gasteiger partial charge in [-0.1, -0.05) is 18.2 Å². The number of rotatable bonds is 3. The van der Waals surface area contributed by atoms with E-state index in [1.165, 1.54) is 19.2 Å². The Kier molecular flexibility index (Phi) is 3.96. The van der Waals surface area contributed by atoms with Crippen LogP contribution in [0.3, 0.4) is 0 Å². The highest BCUT2D eigenvalue weighted by Crippen LogP contribution is 2.31. The molecule has 22 heavy (non-hydrogen) atoms. The summed E-state index contributed by atoms with van der Waals surface area (Å²) in [6.07, 6.45) is 0.653. The van der Waals surface area contributed by atoms with Crippen LogP contribution in [0.2, 0.25) is 0 Å². The molecule has 114 valence electrons. The van der Waals surface area contributed by atoms with Crippen LogP contribution >= 0.6 is 0 Å². The van der Waals surface area contributed by atoms with Gasteiger partial charge < -0.3 is 14.8 Å². The minimum atomic E-state index is -0.600. The van der Waals surface area contributed by atoms with Gasteiger partial charge in [0.25, 0.3) is 5.91 Å². The van der Waals surface area contributed by atoms with Crippen molar-refractivity contribution in [3.8, 4) is 11.5 Å². The number of hydrogen-bond acceptors (Lipinski definition) is 3. The van der Waals surface area contributed by atoms with Crippen LogP contribution < -0.4 is 14.8 Å². The Morgan fingerprint density at radius 3 is 2.91 bits per heavy atom. The lowest BCUT2D eigenvalue weighted by Crippen LogP contribution is -2.32. The Morgan fingerprint density at radius 2 is 2.14 bits per heavy atom. The molecule has 0 fully saturated rings. The fourth-order valence-corrected chi connectivity index (χ4v) is 2.53. The van der Waals surface area contributed by atoms with Crippen LogP contribution in [0.15, 0.2) is 42.5 Å². The van der Waals surface area contributed by atoms with Gasteiger partial charge in [0.1, 0.15) is 17.3 Å². The summed E-state index contributed by atoms with van der Waals surface area (Å²) in [4.78, 5) is 12.3. The number of methoxy groups -OCH3 is 1. The maximum Gasteiger partial charge on any atom is 0.254 e. The molecule has 0 spiro atoms. The molecular weight excluding hydrogens is 285 g/mol. The lowest BCUT2D eigenvalue weighted by molar-refractivity contribution is 0.0920. The molecule has 1 heterocycles. The Hall–Kier alpha value is -2.56. The van der Waals surface area contributed by atoms with E-state index < -0.39 is 11.7 Å². The summed E-state index contributed by atoms with van der Waals surface area (Å²) in [5.74, 6) is 0.0961. The predicted octanol–water partition coefficient (Wildman–Crippen LogP) is 3.09. The molecule has 0 saturated heterocycles. The molecule has 1 atom stereocenters. The number of para-hydroxylation sites is 1. The molecular formula is C17H16FNO3. The lowest BCUT2D eigenvalue weighted by Gasteiger charge is -2.26. The average Bonchev–Trinajstić information content (AvgIpc) is 2.55. The summed E-state index contributed by atoms with van der Waals surface area (Å²) in [6.45, 7) is 0.521. The van der Waals surface area contributed by atoms with Gasteiger partial charge in [0.15, 0.2) is 0 Å². The van der Waals surface area contributed by atoms with Crippen molar-refractivity contribution in [2.24, 2.45) is 0 Å². The Morgan fingerprint density at radius 1 is 1.32 bits per heavy atom. The highest BCUT2D eigenvalue weighted by molar-refractivity contribution is 5.95. The third-order valence-corrected chi connectivity index (χ3v) is 3.68. The van der Waals surface area contributed by atoms with Gasteiger partial charge in [0.05, 0.1) is 25.3 Å². The van der Waals surface area contributed by atoms with E-state index in [-0.39, 0.29) is 11.6 Å². The normalized spacial score (nSPS) is 16.4. The summed E-state index contributed by atoms with van der Waals surface area (Å²) >= 11 is 0. The van der Waals surface area contributed by atoms with E-state index in [9.17, 15) is 9.18 Å². The highest BCUT2D eigenvalue weighted by Gasteiger charge is 2.24. The van der Waals surface area contributed by atoms with Crippen molar-refractivity contribution in [2.75, 3.05) is 13.7 Å². The third kappa shape index (κ3) is 2.74. The topological polar surface area (TPSA) is 47.6 Å². The molecule has 1 N–H and O–H groups in total. The van der Waals surface area contributed by atoms with Gasteiger partial charge >= 0.3 is 0 Å². The Balaban J connectivity index is 1.81. The van der Waals surface area contributed by atoms with Crippen LogP contribution in [0.1, 0.15) is 28.4 Å². The lowest BCUT2D eigenvalue weighted by atomic mass is 10.00. The summed E-state index contributed by atoms with van der Waals surface area (Å²) in [5, 5.41) is 2.87. The van der Waals surface area contributed by atoms with Crippen LogP contribution in [0.5, 0.6) is 11.5 Å². The van der Waals surface area contributed by atoms with Crippen LogP contribution in [0.4, 0.5) is 4.39 Å². The number of ether oxygens (including phenoxy) is 2. The van der Waals surface area contributed by atoms with Gasteiger partial charge in [-0.2, -0.15) is 0 Å². The number of fused-ring (bicyclic) bond motifs is 1. The maximum atomic E-state index is 14.0. The maximum absolute atomic E-state index is 14.0. The van der Waals surface area contributed by atoms with E-state index in [1.54, 1.807) is 6.07 Å². The quantitative estimate of drug-likeness (QED) is 0.947. The molecule has 0 bridgehead atoms. The largest absolute Gasteiger partial charge is 0.497 e. The van der Waals surface area contributed by atoms with Crippen molar-refractivity contribution >= 4 is 5.91 Å². The van der Waals surface area contributed by atoms with Gasteiger partial charge in [0, 0.05) is 18.1 Å². The summed E-state index contributed by atoms with van der Waals surface area (Å²) < 4.78 is 24.5. The Bertz CT molecular complexity index is 702. The second-order valence-corrected chi connectivity index (χ2v) is 5.05. The second kappa shape index (κ2) is 6.05. The fraction of sp³-hybridized carbons (Fsp3) is 0.235. The van der Waals surface area contributed by atoms with Crippen LogP contribution in [-0.4, -0.2) is 19.6 Å². The monoisotopic (exact) mass is 301 g/mol. The molecule has 0 aromatic heterocycles. The molecule has 1 unspecified atom stereocenters. The first-order valence-corrected chi connectivity index (χ1v) is 7.05. The van der Waals surface area contributed by atoms with Gasteiger partial charge in [-0.3, -0.25) is 4.79 Å². The number of amides is 1. The van der Waals surface area contributed by atoms with E-state index in [0.717, 1.165) is 11.3 Å². The second-order valence-electron chi connectivity index (χ2n) is 5.05. The van der Waals surface area contributed by atoms with E-state index in [2.05, 4.69) is 5.32 Å². The summed E-state index contributed by atoms with van der Waals surface area (Å²) in [6, 6.07) is 11.6. The molecule has 2 aromatic carbocycles. The van der Waals surface area contributed by atoms with Crippen LogP contribution in [0.25, 0.3) is 0 Å². The van der Waals surface area contributed by atoms with E-state index in [1.807, 2.05) is 24.3 Å². The number of nitrogens with one attached hydrogen (secondary N) is 1. The van der Waals surface area contributed by atoms with Gasteiger partial charge in [-0.05, 0) is 18.2 Å². The average molecular weight is 301 g/mol. The molecule has 1 aliphatic rings. The SMILES string of the molecule is COc1ccc(C(=O)NC2CCOc3ccccc32)c(F)c1. The van der Waals surface area contributed by atoms with Gasteiger partial charge in [-0.25, -0.2) is 4.39 Å². The molecule has 5 heteroatoms. The zero-order chi connectivity index (χ0) is 15.5. The smallest absolute Gasteiger partial charge is 0.254 e. The first kappa shape index (κ1) is 14.4. The number of halogens is 1. The van der Waals surface area contributed by atoms with Gasteiger partial charge in [0.2, 0.25) is 0 Å². The molecule has 1 amide bonds. The van der Waals surface area contributed by atoms with Crippen molar-refractivity contribution < 1.29 is 18.7 Å². The molecule has 0 radical (unpaired) electrons. The van der Waals surface area contributed by atoms with Gasteiger partial charge in [-0.15, -0.1) is 0 Å². The number of carbonyl (C=O) groups is 1. The summed E-state index contributed by atoms with van der Waals surface area (Å²) in [5.41, 5.74) is 0.917. The minimum absolute atomic E-state index is 0.00442. The van der Waals surface area contributed by atoms with Crippen LogP contribution in [0, 0.1) is 5.82 Å². The highest BCUT2D eigenvalue weighted by atomic mass is 19.1. The summed E-state index contributed by atoms with van der Waals surface area (Å²) in [7, 11) is 1.45. The molecule has 0 saturated carbocycles. The van der Waals surface area contributed by atoms with E-state index in [0.29, 0.717) is 18.8 Å². The number of hydrogen-bond donors (Lipinski definition) is 1. The van der Waals surface area contributed by atoms with Crippen molar-refractivity contribution in [2.45, 2.75) is 12.5 Å². The molecule has 3 rings (SSSR count). The first-order valence-electron chi connectivity index (χ1n) is 7.05. The number of benzene rings is 2. The van der Waals surface area contributed by atoms with E-state index >= 15 is 0 Å². The number of carbonyl (C=O) groups excluding carboxylic acids is 1. The van der Waals surface area contributed by atoms with Crippen molar-refractivity contribution in [1.82, 2.24) is 5.32 Å². The predicted molar refractivity (Wildman–Crippen MR) is 79.7 cm³/mol. The zero-order valence-electron chi connectivity index (χ0n) is 12.1. The molecule has 1 aliphatic heterocycles. The van der Waals surface area contributed by atoms with Crippen molar-refractivity contribution in [1.29, 1.82) is 0 Å². The molecule has 0 aliphatic carbocycles. The zero-order valence-corrected chi connectivity index (χ0v) is 12.1. The van der Waals surface area contributed by atoms with Crippen LogP contribution in [-0.2, 0) is 0 Å². The molecule has 2 aromatic rings. The first-order chi connectivity index (χ1) is 10.7. The fourth-order valence-electron chi connectivity index (χ4n) is 2.53. The minimum Gasteiger partial charge on any atom is -0.497 e. The Labute approximate surface area is 127 Å². The third-order valence-electron chi connectivity index (χ3n) is 3.68. The standard InChI is InChI=1S/C17H16FNO3/c1-21-11-6-7-12(14(18)10-11)17(20)19-15-8-9-22-16-5-3-2-4-13(15)16/h2-7,10,15H,8-9H2,1H3,(H,19,20). The van der Waals surface area contributed by atoms with Crippen molar-refractivity contribution in [3.05, 3.63) is 59.4 Å².